The zero-order valence-corrected chi connectivity index (χ0v) is 10.2. The van der Waals surface area contributed by atoms with Gasteiger partial charge in [-0.05, 0) is 28.8 Å². The first-order valence-electron chi connectivity index (χ1n) is 4.59. The summed E-state index contributed by atoms with van der Waals surface area (Å²) >= 11 is 1.56. The van der Waals surface area contributed by atoms with Gasteiger partial charge in [-0.2, -0.15) is 11.3 Å². The van der Waals surface area contributed by atoms with E-state index in [0.29, 0.717) is 6.54 Å². The van der Waals surface area contributed by atoms with E-state index in [1.165, 1.54) is 12.5 Å². The SMILES string of the molecule is Cc1cscc1CNS(=O)(=O)c1cnc[nH]1. The monoisotopic (exact) mass is 257 g/mol. The van der Waals surface area contributed by atoms with Crippen molar-refractivity contribution in [2.24, 2.45) is 0 Å². The number of thiophene rings is 1. The summed E-state index contributed by atoms with van der Waals surface area (Å²) < 4.78 is 26.0. The number of imidazole rings is 1. The smallest absolute Gasteiger partial charge is 0.257 e. The molecule has 2 aromatic heterocycles. The van der Waals surface area contributed by atoms with Gasteiger partial charge in [-0.1, -0.05) is 0 Å². The Balaban J connectivity index is 2.09. The van der Waals surface area contributed by atoms with Crippen molar-refractivity contribution in [3.8, 4) is 0 Å². The van der Waals surface area contributed by atoms with Crippen LogP contribution in [0.4, 0.5) is 0 Å². The highest BCUT2D eigenvalue weighted by atomic mass is 32.2. The van der Waals surface area contributed by atoms with Crippen molar-refractivity contribution in [2.45, 2.75) is 18.5 Å². The van der Waals surface area contributed by atoms with Crippen molar-refractivity contribution >= 4 is 21.4 Å². The van der Waals surface area contributed by atoms with E-state index in [4.69, 9.17) is 0 Å². The Kier molecular flexibility index (Phi) is 3.08. The van der Waals surface area contributed by atoms with Gasteiger partial charge in [-0.3, -0.25) is 0 Å². The van der Waals surface area contributed by atoms with Crippen LogP contribution in [-0.2, 0) is 16.6 Å². The first-order valence-corrected chi connectivity index (χ1v) is 7.02. The lowest BCUT2D eigenvalue weighted by Crippen LogP contribution is -2.23. The standard InChI is InChI=1S/C9H11N3O2S2/c1-7-4-15-5-8(7)2-12-16(13,14)9-3-10-6-11-9/h3-6,12H,2H2,1H3,(H,10,11). The van der Waals surface area contributed by atoms with Crippen molar-refractivity contribution < 1.29 is 8.42 Å². The van der Waals surface area contributed by atoms with E-state index in [9.17, 15) is 8.42 Å². The molecule has 86 valence electrons. The molecule has 0 atom stereocenters. The van der Waals surface area contributed by atoms with Crippen LogP contribution in [-0.4, -0.2) is 18.4 Å². The summed E-state index contributed by atoms with van der Waals surface area (Å²) in [7, 11) is -3.47. The summed E-state index contributed by atoms with van der Waals surface area (Å²) in [4.78, 5) is 6.24. The molecule has 0 aliphatic rings. The number of hydrogen-bond donors (Lipinski definition) is 2. The number of hydrogen-bond acceptors (Lipinski definition) is 4. The molecule has 0 saturated heterocycles. The molecule has 0 saturated carbocycles. The van der Waals surface area contributed by atoms with E-state index in [-0.39, 0.29) is 5.03 Å². The van der Waals surface area contributed by atoms with E-state index in [2.05, 4.69) is 14.7 Å². The largest absolute Gasteiger partial charge is 0.335 e. The summed E-state index contributed by atoms with van der Waals surface area (Å²) in [6, 6.07) is 0. The van der Waals surface area contributed by atoms with E-state index in [0.717, 1.165) is 11.1 Å². The summed E-state index contributed by atoms with van der Waals surface area (Å²) in [5.74, 6) is 0. The van der Waals surface area contributed by atoms with Crippen molar-refractivity contribution in [1.29, 1.82) is 0 Å². The molecular formula is C9H11N3O2S2. The fraction of sp³-hybridized carbons (Fsp3) is 0.222. The van der Waals surface area contributed by atoms with Crippen molar-refractivity contribution in [1.82, 2.24) is 14.7 Å². The second kappa shape index (κ2) is 4.36. The second-order valence-corrected chi connectivity index (χ2v) is 5.80. The van der Waals surface area contributed by atoms with E-state index in [1.807, 2.05) is 17.7 Å². The Morgan fingerprint density at radius 1 is 1.50 bits per heavy atom. The minimum Gasteiger partial charge on any atom is -0.335 e. The first-order chi connectivity index (χ1) is 7.59. The van der Waals surface area contributed by atoms with Gasteiger partial charge in [0.2, 0.25) is 0 Å². The summed E-state index contributed by atoms with van der Waals surface area (Å²) in [6.45, 7) is 2.26. The molecule has 0 aliphatic heterocycles. The zero-order chi connectivity index (χ0) is 11.6. The van der Waals surface area contributed by atoms with Crippen LogP contribution in [0.5, 0.6) is 0 Å². The molecule has 5 nitrogen and oxygen atoms in total. The van der Waals surface area contributed by atoms with Crippen LogP contribution in [0.15, 0.2) is 28.3 Å². The zero-order valence-electron chi connectivity index (χ0n) is 8.60. The lowest BCUT2D eigenvalue weighted by atomic mass is 10.2. The predicted molar refractivity (Wildman–Crippen MR) is 61.7 cm³/mol. The van der Waals surface area contributed by atoms with Gasteiger partial charge in [-0.25, -0.2) is 18.1 Å². The molecule has 0 bridgehead atoms. The van der Waals surface area contributed by atoms with E-state index in [1.54, 1.807) is 11.3 Å². The van der Waals surface area contributed by atoms with Crippen LogP contribution in [0.25, 0.3) is 0 Å². The van der Waals surface area contributed by atoms with E-state index < -0.39 is 10.0 Å². The number of aromatic amines is 1. The third-order valence-corrected chi connectivity index (χ3v) is 4.41. The average Bonchev–Trinajstić information content (AvgIpc) is 2.85. The van der Waals surface area contributed by atoms with Gasteiger partial charge in [0.25, 0.3) is 10.0 Å². The molecule has 0 fully saturated rings. The molecule has 16 heavy (non-hydrogen) atoms. The Morgan fingerprint density at radius 2 is 2.31 bits per heavy atom. The number of aromatic nitrogens is 2. The Morgan fingerprint density at radius 3 is 2.88 bits per heavy atom. The van der Waals surface area contributed by atoms with Crippen molar-refractivity contribution in [3.63, 3.8) is 0 Å². The number of sulfonamides is 1. The molecule has 2 rings (SSSR count). The number of nitrogens with zero attached hydrogens (tertiary/aromatic N) is 1. The van der Waals surface area contributed by atoms with Crippen LogP contribution >= 0.6 is 11.3 Å². The first kappa shape index (κ1) is 11.3. The molecule has 0 radical (unpaired) electrons. The maximum atomic E-state index is 11.7. The van der Waals surface area contributed by atoms with E-state index >= 15 is 0 Å². The van der Waals surface area contributed by atoms with Crippen LogP contribution in [0, 0.1) is 6.92 Å². The third-order valence-electron chi connectivity index (χ3n) is 2.18. The van der Waals surface area contributed by atoms with Crippen LogP contribution in [0.1, 0.15) is 11.1 Å². The minimum absolute atomic E-state index is 0.0837. The molecule has 0 spiro atoms. The summed E-state index contributed by atoms with van der Waals surface area (Å²) in [6.07, 6.45) is 2.62. The Bertz CT molecular complexity index is 557. The molecule has 2 N–H and O–H groups in total. The predicted octanol–water partition coefficient (Wildman–Crippen LogP) is 1.26. The van der Waals surface area contributed by atoms with Crippen molar-refractivity contribution in [2.75, 3.05) is 0 Å². The normalized spacial score (nSPS) is 11.8. The van der Waals surface area contributed by atoms with Gasteiger partial charge >= 0.3 is 0 Å². The number of rotatable bonds is 4. The highest BCUT2D eigenvalue weighted by molar-refractivity contribution is 7.89. The third kappa shape index (κ3) is 2.31. The Labute approximate surface area is 97.6 Å². The number of H-pyrrole nitrogens is 1. The molecule has 2 aromatic rings. The van der Waals surface area contributed by atoms with Gasteiger partial charge in [0.15, 0.2) is 5.03 Å². The number of nitrogens with one attached hydrogen (secondary N) is 2. The summed E-state index contributed by atoms with van der Waals surface area (Å²) in [5.41, 5.74) is 2.09. The molecule has 0 unspecified atom stereocenters. The highest BCUT2D eigenvalue weighted by Crippen LogP contribution is 2.14. The molecular weight excluding hydrogens is 246 g/mol. The van der Waals surface area contributed by atoms with Crippen LogP contribution < -0.4 is 4.72 Å². The quantitative estimate of drug-likeness (QED) is 0.865. The van der Waals surface area contributed by atoms with Gasteiger partial charge in [0.05, 0.1) is 12.5 Å². The van der Waals surface area contributed by atoms with Gasteiger partial charge in [0.1, 0.15) is 0 Å². The lowest BCUT2D eigenvalue weighted by molar-refractivity contribution is 0.578. The van der Waals surface area contributed by atoms with Crippen LogP contribution in [0.2, 0.25) is 0 Å². The van der Waals surface area contributed by atoms with Gasteiger partial charge in [0, 0.05) is 6.54 Å². The lowest BCUT2D eigenvalue weighted by Gasteiger charge is -2.03. The second-order valence-electron chi connectivity index (χ2n) is 3.32. The summed E-state index contributed by atoms with van der Waals surface area (Å²) in [5, 5.41) is 4.00. The molecule has 7 heteroatoms. The average molecular weight is 257 g/mol. The topological polar surface area (TPSA) is 74.8 Å². The van der Waals surface area contributed by atoms with Gasteiger partial charge in [-0.15, -0.1) is 0 Å². The molecule has 2 heterocycles. The number of aryl methyl sites for hydroxylation is 1. The molecule has 0 aromatic carbocycles. The maximum absolute atomic E-state index is 11.7. The fourth-order valence-corrected chi connectivity index (χ4v) is 2.97. The Hall–Kier alpha value is -1.18. The van der Waals surface area contributed by atoms with Crippen molar-refractivity contribution in [3.05, 3.63) is 34.4 Å². The maximum Gasteiger partial charge on any atom is 0.257 e. The minimum atomic E-state index is -3.47. The molecule has 0 aliphatic carbocycles. The fourth-order valence-electron chi connectivity index (χ4n) is 1.21. The van der Waals surface area contributed by atoms with Crippen LogP contribution in [0.3, 0.4) is 0 Å². The molecule has 0 amide bonds. The van der Waals surface area contributed by atoms with Gasteiger partial charge < -0.3 is 4.98 Å². The highest BCUT2D eigenvalue weighted by Gasteiger charge is 2.15.